The first-order valence-electron chi connectivity index (χ1n) is 11.0. The van der Waals surface area contributed by atoms with Crippen molar-refractivity contribution in [3.63, 3.8) is 0 Å². The molecule has 35 heavy (non-hydrogen) atoms. The van der Waals surface area contributed by atoms with Crippen LogP contribution in [0.25, 0.3) is 0 Å². The minimum Gasteiger partial charge on any atom is -0.343 e. The Hall–Kier alpha value is -3.70. The lowest BCUT2D eigenvalue weighted by atomic mass is 10.0. The molecular formula is C24H27F3N6O2. The summed E-state index contributed by atoms with van der Waals surface area (Å²) in [5.41, 5.74) is 12.5. The molecule has 0 saturated heterocycles. The number of carbonyl (C=O) groups is 2. The Morgan fingerprint density at radius 2 is 1.74 bits per heavy atom. The Balaban J connectivity index is 1.74. The summed E-state index contributed by atoms with van der Waals surface area (Å²) in [5, 5.41) is 9.39. The van der Waals surface area contributed by atoms with Crippen LogP contribution in [0.15, 0.2) is 60.7 Å². The topological polar surface area (TPSA) is 128 Å². The van der Waals surface area contributed by atoms with E-state index in [1.165, 1.54) is 16.8 Å². The molecule has 0 aliphatic carbocycles. The second-order valence-corrected chi connectivity index (χ2v) is 7.91. The summed E-state index contributed by atoms with van der Waals surface area (Å²) in [5.74, 6) is -1.13. The van der Waals surface area contributed by atoms with Crippen LogP contribution in [0.1, 0.15) is 28.9 Å². The molecule has 8 nitrogen and oxygen atoms in total. The van der Waals surface area contributed by atoms with Crippen molar-refractivity contribution in [2.45, 2.75) is 44.7 Å². The number of alkyl halides is 3. The number of aromatic nitrogens is 2. The van der Waals surface area contributed by atoms with Gasteiger partial charge in [-0.05, 0) is 42.7 Å². The van der Waals surface area contributed by atoms with E-state index in [1.54, 1.807) is 6.07 Å². The van der Waals surface area contributed by atoms with Crippen LogP contribution < -0.4 is 22.1 Å². The number of halogens is 3. The fourth-order valence-electron chi connectivity index (χ4n) is 3.52. The first-order valence-corrected chi connectivity index (χ1v) is 11.0. The van der Waals surface area contributed by atoms with E-state index in [0.717, 1.165) is 17.7 Å². The summed E-state index contributed by atoms with van der Waals surface area (Å²) in [7, 11) is 0. The highest BCUT2D eigenvalue weighted by Crippen LogP contribution is 2.30. The molecule has 6 N–H and O–H groups in total. The van der Waals surface area contributed by atoms with Crippen molar-refractivity contribution in [3.8, 4) is 0 Å². The number of rotatable bonds is 10. The van der Waals surface area contributed by atoms with Gasteiger partial charge in [0.15, 0.2) is 0 Å². The van der Waals surface area contributed by atoms with E-state index in [0.29, 0.717) is 17.8 Å². The average Bonchev–Trinajstić information content (AvgIpc) is 3.23. The highest BCUT2D eigenvalue weighted by Gasteiger charge is 2.31. The molecule has 0 spiro atoms. The SMILES string of the molecule is NCc1cc(CN)n(CC(=O)N[C@@H](CCc2ccccc2)C(=O)Nc2cccc(C(F)(F)F)c2)n1. The molecule has 3 rings (SSSR count). The van der Waals surface area contributed by atoms with Gasteiger partial charge in [0, 0.05) is 18.8 Å². The highest BCUT2D eigenvalue weighted by atomic mass is 19.4. The zero-order chi connectivity index (χ0) is 25.4. The second kappa shape index (κ2) is 11.6. The molecule has 0 unspecified atom stereocenters. The van der Waals surface area contributed by atoms with Crippen molar-refractivity contribution < 1.29 is 22.8 Å². The maximum Gasteiger partial charge on any atom is 0.416 e. The normalized spacial score (nSPS) is 12.3. The molecule has 0 aliphatic heterocycles. The lowest BCUT2D eigenvalue weighted by molar-refractivity contribution is -0.137. The number of nitrogens with one attached hydrogen (secondary N) is 2. The molecule has 1 atom stereocenters. The van der Waals surface area contributed by atoms with E-state index < -0.39 is 29.6 Å². The molecule has 3 aromatic rings. The van der Waals surface area contributed by atoms with Crippen molar-refractivity contribution in [1.82, 2.24) is 15.1 Å². The Morgan fingerprint density at radius 1 is 1.00 bits per heavy atom. The fraction of sp³-hybridized carbons (Fsp3) is 0.292. The summed E-state index contributed by atoms with van der Waals surface area (Å²) in [6, 6.07) is 14.4. The van der Waals surface area contributed by atoms with Gasteiger partial charge in [-0.2, -0.15) is 18.3 Å². The number of carbonyl (C=O) groups excluding carboxylic acids is 2. The summed E-state index contributed by atoms with van der Waals surface area (Å²) in [6.45, 7) is 0.139. The van der Waals surface area contributed by atoms with Crippen LogP contribution in [0, 0.1) is 0 Å². The lowest BCUT2D eigenvalue weighted by Crippen LogP contribution is -2.45. The number of nitrogens with two attached hydrogens (primary N) is 2. The second-order valence-electron chi connectivity index (χ2n) is 7.91. The quantitative estimate of drug-likeness (QED) is 0.349. The summed E-state index contributed by atoms with van der Waals surface area (Å²) >= 11 is 0. The van der Waals surface area contributed by atoms with Gasteiger partial charge in [0.25, 0.3) is 0 Å². The van der Waals surface area contributed by atoms with Crippen LogP contribution in [0.2, 0.25) is 0 Å². The number of nitrogens with zero attached hydrogens (tertiary/aromatic N) is 2. The third-order valence-electron chi connectivity index (χ3n) is 5.30. The fourth-order valence-corrected chi connectivity index (χ4v) is 3.52. The van der Waals surface area contributed by atoms with Gasteiger partial charge in [-0.1, -0.05) is 36.4 Å². The van der Waals surface area contributed by atoms with Crippen molar-refractivity contribution in [2.24, 2.45) is 11.5 Å². The summed E-state index contributed by atoms with van der Waals surface area (Å²) in [4.78, 5) is 25.8. The number of amides is 2. The van der Waals surface area contributed by atoms with Gasteiger partial charge < -0.3 is 22.1 Å². The van der Waals surface area contributed by atoms with Crippen LogP contribution >= 0.6 is 0 Å². The van der Waals surface area contributed by atoms with Gasteiger partial charge >= 0.3 is 6.18 Å². The molecule has 2 amide bonds. The molecule has 0 fully saturated rings. The highest BCUT2D eigenvalue weighted by molar-refractivity contribution is 5.97. The predicted octanol–water partition coefficient (Wildman–Crippen LogP) is 2.58. The molecule has 2 aromatic carbocycles. The van der Waals surface area contributed by atoms with Gasteiger partial charge in [0.2, 0.25) is 11.8 Å². The zero-order valence-corrected chi connectivity index (χ0v) is 18.9. The molecule has 0 bridgehead atoms. The van der Waals surface area contributed by atoms with Crippen molar-refractivity contribution in [1.29, 1.82) is 0 Å². The Kier molecular flexibility index (Phi) is 8.61. The first-order chi connectivity index (χ1) is 16.7. The number of benzene rings is 2. The Bertz CT molecular complexity index is 1150. The van der Waals surface area contributed by atoms with Crippen LogP contribution in [0.3, 0.4) is 0 Å². The minimum atomic E-state index is -4.55. The largest absolute Gasteiger partial charge is 0.416 e. The van der Waals surface area contributed by atoms with Crippen LogP contribution in [-0.2, 0) is 41.8 Å². The molecule has 1 aromatic heterocycles. The summed E-state index contributed by atoms with van der Waals surface area (Å²) in [6.07, 6.45) is -3.85. The first kappa shape index (κ1) is 25.9. The molecule has 0 aliphatic rings. The van der Waals surface area contributed by atoms with E-state index in [4.69, 9.17) is 11.5 Å². The molecular weight excluding hydrogens is 461 g/mol. The Morgan fingerprint density at radius 3 is 2.40 bits per heavy atom. The smallest absolute Gasteiger partial charge is 0.343 e. The average molecular weight is 489 g/mol. The van der Waals surface area contributed by atoms with Crippen LogP contribution in [0.5, 0.6) is 0 Å². The van der Waals surface area contributed by atoms with Crippen molar-refractivity contribution >= 4 is 17.5 Å². The lowest BCUT2D eigenvalue weighted by Gasteiger charge is -2.19. The van der Waals surface area contributed by atoms with Crippen LogP contribution in [0.4, 0.5) is 18.9 Å². The third-order valence-corrected chi connectivity index (χ3v) is 5.30. The molecule has 1 heterocycles. The minimum absolute atomic E-state index is 0.0196. The zero-order valence-electron chi connectivity index (χ0n) is 18.9. The van der Waals surface area contributed by atoms with E-state index in [1.807, 2.05) is 30.3 Å². The van der Waals surface area contributed by atoms with Gasteiger partial charge in [0.05, 0.1) is 17.0 Å². The monoisotopic (exact) mass is 488 g/mol. The van der Waals surface area contributed by atoms with Gasteiger partial charge in [-0.25, -0.2) is 0 Å². The molecule has 0 radical (unpaired) electrons. The standard InChI is InChI=1S/C24H27F3N6O2/c25-24(26,27)17-7-4-8-18(11-17)30-23(35)21(10-9-16-5-2-1-3-6-16)31-22(34)15-33-20(14-29)12-19(13-28)32-33/h1-8,11-12,21H,9-10,13-15,28-29H2,(H,30,35)(H,31,34)/t21-/m0/s1. The predicted molar refractivity (Wildman–Crippen MR) is 125 cm³/mol. The van der Waals surface area contributed by atoms with Gasteiger partial charge in [-0.15, -0.1) is 0 Å². The summed E-state index contributed by atoms with van der Waals surface area (Å²) < 4.78 is 40.6. The van der Waals surface area contributed by atoms with Gasteiger partial charge in [0.1, 0.15) is 12.6 Å². The maximum absolute atomic E-state index is 13.0. The van der Waals surface area contributed by atoms with Gasteiger partial charge in [-0.3, -0.25) is 14.3 Å². The van der Waals surface area contributed by atoms with Crippen molar-refractivity contribution in [3.05, 3.63) is 83.2 Å². The number of hydrogen-bond acceptors (Lipinski definition) is 5. The molecule has 0 saturated carbocycles. The van der Waals surface area contributed by atoms with E-state index >= 15 is 0 Å². The molecule has 11 heteroatoms. The van der Waals surface area contributed by atoms with E-state index in [-0.39, 0.29) is 31.7 Å². The van der Waals surface area contributed by atoms with E-state index in [2.05, 4.69) is 15.7 Å². The molecule has 186 valence electrons. The number of hydrogen-bond donors (Lipinski definition) is 4. The van der Waals surface area contributed by atoms with Crippen molar-refractivity contribution in [2.75, 3.05) is 5.32 Å². The van der Waals surface area contributed by atoms with Crippen LogP contribution in [-0.4, -0.2) is 27.6 Å². The third kappa shape index (κ3) is 7.39. The number of aryl methyl sites for hydroxylation is 1. The number of anilines is 1. The van der Waals surface area contributed by atoms with E-state index in [9.17, 15) is 22.8 Å². The Labute approximate surface area is 200 Å². The maximum atomic E-state index is 13.0.